The third-order valence-electron chi connectivity index (χ3n) is 3.12. The molecule has 2 aromatic carbocycles. The Bertz CT molecular complexity index is 598. The lowest BCUT2D eigenvalue weighted by atomic mass is 10.2. The number of thioether (sulfide) groups is 1. The summed E-state index contributed by atoms with van der Waals surface area (Å²) in [5, 5.41) is 0.197. The quantitative estimate of drug-likeness (QED) is 0.563. The fourth-order valence-electron chi connectivity index (χ4n) is 1.97. The summed E-state index contributed by atoms with van der Waals surface area (Å²) in [5.41, 5.74) is 1.26. The summed E-state index contributed by atoms with van der Waals surface area (Å²) in [6.45, 7) is 2.04. The molecule has 0 saturated carbocycles. The molecule has 4 heteroatoms. The highest BCUT2D eigenvalue weighted by molar-refractivity contribution is 7.99. The standard InChI is InChI=1S/C18H20O3S/c1-14(22-13-15-8-4-3-5-9-15)12-18(19)21-17-11-7-6-10-16(17)20-2/h3-11,14H,12-13H2,1-2H3/t14-/m0/s1. The first kappa shape index (κ1) is 16.4. The van der Waals surface area contributed by atoms with Gasteiger partial charge in [0.1, 0.15) is 0 Å². The normalized spacial score (nSPS) is 11.7. The zero-order valence-electron chi connectivity index (χ0n) is 12.8. The Kier molecular flexibility index (Phi) is 6.34. The van der Waals surface area contributed by atoms with Gasteiger partial charge in [0.15, 0.2) is 11.5 Å². The van der Waals surface area contributed by atoms with Crippen LogP contribution >= 0.6 is 11.8 Å². The number of hydrogen-bond acceptors (Lipinski definition) is 4. The number of methoxy groups -OCH3 is 1. The Balaban J connectivity index is 1.81. The van der Waals surface area contributed by atoms with Gasteiger partial charge in [-0.05, 0) is 17.7 Å². The number of para-hydroxylation sites is 2. The van der Waals surface area contributed by atoms with Gasteiger partial charge in [0, 0.05) is 11.0 Å². The molecule has 0 saturated heterocycles. The minimum Gasteiger partial charge on any atom is -0.493 e. The molecule has 0 aliphatic heterocycles. The van der Waals surface area contributed by atoms with E-state index in [9.17, 15) is 4.79 Å². The zero-order valence-corrected chi connectivity index (χ0v) is 13.6. The predicted molar refractivity (Wildman–Crippen MR) is 90.4 cm³/mol. The van der Waals surface area contributed by atoms with Crippen LogP contribution in [0.15, 0.2) is 54.6 Å². The maximum atomic E-state index is 12.0. The Hall–Kier alpha value is -1.94. The van der Waals surface area contributed by atoms with Gasteiger partial charge in [-0.1, -0.05) is 49.4 Å². The first-order valence-corrected chi connectivity index (χ1v) is 8.23. The Morgan fingerprint density at radius 2 is 1.68 bits per heavy atom. The smallest absolute Gasteiger partial charge is 0.312 e. The van der Waals surface area contributed by atoms with Crippen LogP contribution in [0.5, 0.6) is 11.5 Å². The van der Waals surface area contributed by atoms with E-state index in [1.807, 2.05) is 37.3 Å². The molecule has 0 aliphatic carbocycles. The molecule has 116 valence electrons. The molecule has 0 aliphatic rings. The molecule has 0 N–H and O–H groups in total. The topological polar surface area (TPSA) is 35.5 Å². The molecule has 0 heterocycles. The lowest BCUT2D eigenvalue weighted by Crippen LogP contribution is -2.14. The largest absolute Gasteiger partial charge is 0.493 e. The van der Waals surface area contributed by atoms with Crippen molar-refractivity contribution in [1.82, 2.24) is 0 Å². The maximum Gasteiger partial charge on any atom is 0.312 e. The van der Waals surface area contributed by atoms with Crippen LogP contribution in [0, 0.1) is 0 Å². The van der Waals surface area contributed by atoms with E-state index in [4.69, 9.17) is 9.47 Å². The number of benzene rings is 2. The lowest BCUT2D eigenvalue weighted by molar-refractivity contribution is -0.134. The highest BCUT2D eigenvalue weighted by atomic mass is 32.2. The molecular formula is C18H20O3S. The number of carbonyl (C=O) groups is 1. The molecule has 0 aromatic heterocycles. The Labute approximate surface area is 135 Å². The second-order valence-corrected chi connectivity index (χ2v) is 6.36. The number of carbonyl (C=O) groups excluding carboxylic acids is 1. The lowest BCUT2D eigenvalue weighted by Gasteiger charge is -2.12. The van der Waals surface area contributed by atoms with E-state index in [1.54, 1.807) is 31.0 Å². The molecule has 0 bridgehead atoms. The first-order chi connectivity index (χ1) is 10.7. The molecule has 2 rings (SSSR count). The van der Waals surface area contributed by atoms with E-state index < -0.39 is 0 Å². The molecular weight excluding hydrogens is 296 g/mol. The van der Waals surface area contributed by atoms with Crippen molar-refractivity contribution in [3.8, 4) is 11.5 Å². The van der Waals surface area contributed by atoms with Gasteiger partial charge in [0.2, 0.25) is 0 Å². The van der Waals surface area contributed by atoms with Gasteiger partial charge < -0.3 is 9.47 Å². The summed E-state index contributed by atoms with van der Waals surface area (Å²) < 4.78 is 10.6. The fourth-order valence-corrected chi connectivity index (χ4v) is 2.90. The molecule has 1 atom stereocenters. The van der Waals surface area contributed by atoms with Crippen LogP contribution in [-0.4, -0.2) is 18.3 Å². The van der Waals surface area contributed by atoms with Gasteiger partial charge in [-0.25, -0.2) is 0 Å². The third kappa shape index (κ3) is 5.11. The van der Waals surface area contributed by atoms with Crippen LogP contribution in [0.3, 0.4) is 0 Å². The summed E-state index contributed by atoms with van der Waals surface area (Å²) in [6, 6.07) is 17.4. The molecule has 0 unspecified atom stereocenters. The van der Waals surface area contributed by atoms with E-state index in [2.05, 4.69) is 12.1 Å². The average Bonchev–Trinajstić information content (AvgIpc) is 2.54. The van der Waals surface area contributed by atoms with Crippen LogP contribution in [0.2, 0.25) is 0 Å². The van der Waals surface area contributed by atoms with Crippen LogP contribution in [-0.2, 0) is 10.5 Å². The second-order valence-electron chi connectivity index (χ2n) is 4.94. The van der Waals surface area contributed by atoms with Crippen LogP contribution in [0.1, 0.15) is 18.9 Å². The summed E-state index contributed by atoms with van der Waals surface area (Å²) in [5.74, 6) is 1.69. The average molecular weight is 316 g/mol. The number of esters is 1. The maximum absolute atomic E-state index is 12.0. The van der Waals surface area contributed by atoms with E-state index in [1.165, 1.54) is 5.56 Å². The van der Waals surface area contributed by atoms with Crippen LogP contribution < -0.4 is 9.47 Å². The molecule has 0 radical (unpaired) electrons. The third-order valence-corrected chi connectivity index (χ3v) is 4.36. The molecule has 3 nitrogen and oxygen atoms in total. The summed E-state index contributed by atoms with van der Waals surface area (Å²) in [4.78, 5) is 12.0. The van der Waals surface area contributed by atoms with Gasteiger partial charge >= 0.3 is 5.97 Å². The van der Waals surface area contributed by atoms with Crippen molar-refractivity contribution < 1.29 is 14.3 Å². The molecule has 0 fully saturated rings. The predicted octanol–water partition coefficient (Wildman–Crippen LogP) is 4.31. The number of ether oxygens (including phenoxy) is 2. The van der Waals surface area contributed by atoms with Crippen LogP contribution in [0.4, 0.5) is 0 Å². The summed E-state index contributed by atoms with van der Waals surface area (Å²) in [6.07, 6.45) is 0.371. The minimum atomic E-state index is -0.238. The fraction of sp³-hybridized carbons (Fsp3) is 0.278. The number of hydrogen-bond donors (Lipinski definition) is 0. The monoisotopic (exact) mass is 316 g/mol. The van der Waals surface area contributed by atoms with Crippen molar-refractivity contribution in [2.24, 2.45) is 0 Å². The van der Waals surface area contributed by atoms with E-state index in [-0.39, 0.29) is 11.2 Å². The highest BCUT2D eigenvalue weighted by Gasteiger charge is 2.14. The van der Waals surface area contributed by atoms with E-state index in [0.717, 1.165) is 5.75 Å². The van der Waals surface area contributed by atoms with Gasteiger partial charge in [-0.2, -0.15) is 11.8 Å². The van der Waals surface area contributed by atoms with Gasteiger partial charge in [0.25, 0.3) is 0 Å². The molecule has 22 heavy (non-hydrogen) atoms. The molecule has 0 amide bonds. The van der Waals surface area contributed by atoms with Crippen molar-refractivity contribution in [3.63, 3.8) is 0 Å². The van der Waals surface area contributed by atoms with Crippen LogP contribution in [0.25, 0.3) is 0 Å². The van der Waals surface area contributed by atoms with Crippen molar-refractivity contribution in [2.75, 3.05) is 7.11 Å². The van der Waals surface area contributed by atoms with Gasteiger partial charge in [-0.3, -0.25) is 4.79 Å². The molecule has 2 aromatic rings. The second kappa shape index (κ2) is 8.49. The summed E-state index contributed by atoms with van der Waals surface area (Å²) >= 11 is 1.75. The van der Waals surface area contributed by atoms with Crippen molar-refractivity contribution in [3.05, 3.63) is 60.2 Å². The Morgan fingerprint density at radius 1 is 1.05 bits per heavy atom. The van der Waals surface area contributed by atoms with Gasteiger partial charge in [-0.15, -0.1) is 0 Å². The molecule has 0 spiro atoms. The van der Waals surface area contributed by atoms with Crippen molar-refractivity contribution in [1.29, 1.82) is 0 Å². The number of rotatable bonds is 7. The zero-order chi connectivity index (χ0) is 15.8. The van der Waals surface area contributed by atoms with E-state index >= 15 is 0 Å². The summed E-state index contributed by atoms with van der Waals surface area (Å²) in [7, 11) is 1.56. The van der Waals surface area contributed by atoms with E-state index in [0.29, 0.717) is 17.9 Å². The minimum absolute atomic E-state index is 0.197. The SMILES string of the molecule is COc1ccccc1OC(=O)C[C@H](C)SCc1ccccc1. The first-order valence-electron chi connectivity index (χ1n) is 7.18. The Morgan fingerprint density at radius 3 is 2.36 bits per heavy atom. The van der Waals surface area contributed by atoms with Crippen molar-refractivity contribution in [2.45, 2.75) is 24.3 Å². The van der Waals surface area contributed by atoms with Crippen molar-refractivity contribution >= 4 is 17.7 Å². The highest BCUT2D eigenvalue weighted by Crippen LogP contribution is 2.27. The van der Waals surface area contributed by atoms with Gasteiger partial charge in [0.05, 0.1) is 13.5 Å².